The molecule has 0 spiro atoms. The van der Waals surface area contributed by atoms with Gasteiger partial charge in [0.25, 0.3) is 0 Å². The fourth-order valence-corrected chi connectivity index (χ4v) is 2.92. The van der Waals surface area contributed by atoms with Crippen LogP contribution in [0.1, 0.15) is 40.3 Å². The Hall–Kier alpha value is -1.64. The van der Waals surface area contributed by atoms with Gasteiger partial charge in [0, 0.05) is 0 Å². The molecule has 2 aromatic rings. The summed E-state index contributed by atoms with van der Waals surface area (Å²) in [4.78, 5) is 0. The Kier molecular flexibility index (Phi) is 3.36. The molecular weight excluding hydrogens is 232 g/mol. The van der Waals surface area contributed by atoms with Gasteiger partial charge in [0.05, 0.1) is 6.04 Å². The minimum atomic E-state index is 0.0755. The molecule has 2 nitrogen and oxygen atoms in total. The third kappa shape index (κ3) is 2.42. The predicted octanol–water partition coefficient (Wildman–Crippen LogP) is 3.04. The maximum Gasteiger partial charge on any atom is 0.0710 e. The summed E-state index contributed by atoms with van der Waals surface area (Å²) in [5, 5.41) is 0. The maximum atomic E-state index is 5.77. The molecule has 3 rings (SSSR count). The second kappa shape index (κ2) is 5.16. The molecule has 1 atom stereocenters. The van der Waals surface area contributed by atoms with Crippen LogP contribution in [-0.2, 0) is 12.8 Å². The summed E-state index contributed by atoms with van der Waals surface area (Å²) >= 11 is 0. The summed E-state index contributed by atoms with van der Waals surface area (Å²) in [7, 11) is 0. The summed E-state index contributed by atoms with van der Waals surface area (Å²) in [5.41, 5.74) is 9.68. The van der Waals surface area contributed by atoms with E-state index >= 15 is 0 Å². The van der Waals surface area contributed by atoms with Crippen LogP contribution in [0.4, 0.5) is 0 Å². The first-order chi connectivity index (χ1) is 9.28. The van der Waals surface area contributed by atoms with Crippen molar-refractivity contribution < 1.29 is 0 Å². The third-order valence-electron chi connectivity index (χ3n) is 4.03. The lowest BCUT2D eigenvalue weighted by Crippen LogP contribution is -2.28. The molecule has 2 heteroatoms. The second-order valence-corrected chi connectivity index (χ2v) is 5.39. The number of rotatable bonds is 3. The fraction of sp³-hybridized carbons (Fsp3) is 0.294. The lowest BCUT2D eigenvalue weighted by molar-refractivity contribution is 0.636. The molecule has 0 fully saturated rings. The molecule has 0 aliphatic heterocycles. The predicted molar refractivity (Wildman–Crippen MR) is 78.8 cm³/mol. The van der Waals surface area contributed by atoms with Gasteiger partial charge < -0.3 is 0 Å². The summed E-state index contributed by atoms with van der Waals surface area (Å²) in [5.74, 6) is 5.77. The lowest BCUT2D eigenvalue weighted by Gasteiger charge is -2.18. The number of hydrogen-bond acceptors (Lipinski definition) is 2. The summed E-state index contributed by atoms with van der Waals surface area (Å²) in [6, 6.07) is 15.4. The van der Waals surface area contributed by atoms with Gasteiger partial charge in [0.15, 0.2) is 0 Å². The quantitative estimate of drug-likeness (QED) is 0.651. The molecule has 19 heavy (non-hydrogen) atoms. The molecule has 0 aromatic heterocycles. The van der Waals surface area contributed by atoms with E-state index in [0.29, 0.717) is 0 Å². The number of nitrogens with one attached hydrogen (secondary N) is 1. The SMILES string of the molecule is Cc1ccc(C(NN)c2ccc3c(c2)CCC3)cc1. The summed E-state index contributed by atoms with van der Waals surface area (Å²) in [6.07, 6.45) is 3.71. The van der Waals surface area contributed by atoms with E-state index in [4.69, 9.17) is 5.84 Å². The zero-order valence-corrected chi connectivity index (χ0v) is 11.3. The largest absolute Gasteiger partial charge is 0.271 e. The average molecular weight is 252 g/mol. The van der Waals surface area contributed by atoms with E-state index in [0.717, 1.165) is 0 Å². The summed E-state index contributed by atoms with van der Waals surface area (Å²) < 4.78 is 0. The number of hydrazine groups is 1. The van der Waals surface area contributed by atoms with Crippen LogP contribution in [0, 0.1) is 6.92 Å². The fourth-order valence-electron chi connectivity index (χ4n) is 2.92. The van der Waals surface area contributed by atoms with E-state index in [9.17, 15) is 0 Å². The van der Waals surface area contributed by atoms with Crippen molar-refractivity contribution >= 4 is 0 Å². The van der Waals surface area contributed by atoms with Gasteiger partial charge in [0.1, 0.15) is 0 Å². The van der Waals surface area contributed by atoms with E-state index in [2.05, 4.69) is 54.8 Å². The Morgan fingerprint density at radius 3 is 2.37 bits per heavy atom. The Bertz CT molecular complexity index is 572. The zero-order valence-electron chi connectivity index (χ0n) is 11.3. The van der Waals surface area contributed by atoms with Gasteiger partial charge in [-0.3, -0.25) is 5.84 Å². The number of benzene rings is 2. The van der Waals surface area contributed by atoms with E-state index in [1.165, 1.54) is 47.1 Å². The Morgan fingerprint density at radius 2 is 1.63 bits per heavy atom. The van der Waals surface area contributed by atoms with Crippen molar-refractivity contribution in [3.63, 3.8) is 0 Å². The van der Waals surface area contributed by atoms with Crippen LogP contribution in [0.25, 0.3) is 0 Å². The highest BCUT2D eigenvalue weighted by atomic mass is 15.2. The third-order valence-corrected chi connectivity index (χ3v) is 4.03. The number of nitrogens with two attached hydrogens (primary N) is 1. The number of hydrogen-bond donors (Lipinski definition) is 2. The average Bonchev–Trinajstić information content (AvgIpc) is 2.89. The Morgan fingerprint density at radius 1 is 0.947 bits per heavy atom. The van der Waals surface area contributed by atoms with Crippen LogP contribution in [0.2, 0.25) is 0 Å². The van der Waals surface area contributed by atoms with Crippen molar-refractivity contribution in [2.24, 2.45) is 5.84 Å². The topological polar surface area (TPSA) is 38.0 Å². The van der Waals surface area contributed by atoms with Gasteiger partial charge in [-0.15, -0.1) is 0 Å². The molecular formula is C17H20N2. The molecule has 1 aliphatic carbocycles. The van der Waals surface area contributed by atoms with Gasteiger partial charge in [-0.25, -0.2) is 5.43 Å². The van der Waals surface area contributed by atoms with E-state index in [1.807, 2.05) is 0 Å². The van der Waals surface area contributed by atoms with Crippen LogP contribution < -0.4 is 11.3 Å². The van der Waals surface area contributed by atoms with Crippen molar-refractivity contribution in [1.82, 2.24) is 5.43 Å². The Labute approximate surface area is 114 Å². The van der Waals surface area contributed by atoms with Crippen molar-refractivity contribution in [2.45, 2.75) is 32.2 Å². The van der Waals surface area contributed by atoms with Crippen LogP contribution in [0.5, 0.6) is 0 Å². The van der Waals surface area contributed by atoms with Gasteiger partial charge in [-0.05, 0) is 48.4 Å². The van der Waals surface area contributed by atoms with E-state index in [-0.39, 0.29) is 6.04 Å². The van der Waals surface area contributed by atoms with Crippen molar-refractivity contribution in [2.75, 3.05) is 0 Å². The zero-order chi connectivity index (χ0) is 13.2. The first-order valence-electron chi connectivity index (χ1n) is 6.92. The molecule has 0 saturated heterocycles. The first-order valence-corrected chi connectivity index (χ1v) is 6.92. The Balaban J connectivity index is 1.96. The van der Waals surface area contributed by atoms with Crippen molar-refractivity contribution in [1.29, 1.82) is 0 Å². The molecule has 2 aromatic carbocycles. The lowest BCUT2D eigenvalue weighted by atomic mass is 9.95. The van der Waals surface area contributed by atoms with Crippen molar-refractivity contribution in [3.05, 3.63) is 70.3 Å². The molecule has 1 aliphatic rings. The molecule has 1 unspecified atom stereocenters. The molecule has 98 valence electrons. The highest BCUT2D eigenvalue weighted by molar-refractivity contribution is 5.40. The molecule has 0 saturated carbocycles. The number of fused-ring (bicyclic) bond motifs is 1. The standard InChI is InChI=1S/C17H20N2/c1-12-5-7-14(8-6-12)17(19-18)16-10-9-13-3-2-4-15(13)11-16/h5-11,17,19H,2-4,18H2,1H3. The first kappa shape index (κ1) is 12.4. The minimum absolute atomic E-state index is 0.0755. The van der Waals surface area contributed by atoms with Crippen LogP contribution in [0.15, 0.2) is 42.5 Å². The second-order valence-electron chi connectivity index (χ2n) is 5.39. The number of aryl methyl sites for hydroxylation is 3. The normalized spacial score (nSPS) is 15.3. The molecule has 0 amide bonds. The minimum Gasteiger partial charge on any atom is -0.271 e. The molecule has 0 heterocycles. The highest BCUT2D eigenvalue weighted by Crippen LogP contribution is 2.28. The highest BCUT2D eigenvalue weighted by Gasteiger charge is 2.16. The monoisotopic (exact) mass is 252 g/mol. The van der Waals surface area contributed by atoms with Gasteiger partial charge in [0.2, 0.25) is 0 Å². The van der Waals surface area contributed by atoms with Gasteiger partial charge in [-0.1, -0.05) is 48.0 Å². The van der Waals surface area contributed by atoms with Gasteiger partial charge in [-0.2, -0.15) is 0 Å². The van der Waals surface area contributed by atoms with E-state index in [1.54, 1.807) is 0 Å². The summed E-state index contributed by atoms with van der Waals surface area (Å²) in [6.45, 7) is 2.10. The molecule has 0 bridgehead atoms. The van der Waals surface area contributed by atoms with Crippen LogP contribution in [0.3, 0.4) is 0 Å². The van der Waals surface area contributed by atoms with Crippen LogP contribution >= 0.6 is 0 Å². The van der Waals surface area contributed by atoms with Crippen LogP contribution in [-0.4, -0.2) is 0 Å². The van der Waals surface area contributed by atoms with E-state index < -0.39 is 0 Å². The maximum absolute atomic E-state index is 5.77. The van der Waals surface area contributed by atoms with Gasteiger partial charge >= 0.3 is 0 Å². The molecule has 0 radical (unpaired) electrons. The molecule has 3 N–H and O–H groups in total. The smallest absolute Gasteiger partial charge is 0.0710 e. The van der Waals surface area contributed by atoms with Crippen molar-refractivity contribution in [3.8, 4) is 0 Å².